The number of aryl methyl sites for hydroxylation is 1. The van der Waals surface area contributed by atoms with Crippen LogP contribution >= 0.6 is 23.7 Å². The molecule has 0 saturated carbocycles. The van der Waals surface area contributed by atoms with Gasteiger partial charge in [-0.25, -0.2) is 0 Å². The summed E-state index contributed by atoms with van der Waals surface area (Å²) in [6, 6.07) is 21.6. The van der Waals surface area contributed by atoms with E-state index in [1.54, 1.807) is 0 Å². The molecular formula is C22H23ClN2OS. The van der Waals surface area contributed by atoms with Gasteiger partial charge < -0.3 is 10.3 Å². The van der Waals surface area contributed by atoms with Crippen LogP contribution in [-0.4, -0.2) is 11.5 Å². The summed E-state index contributed by atoms with van der Waals surface area (Å²) >= 11 is 1.28. The van der Waals surface area contributed by atoms with Crippen molar-refractivity contribution in [1.82, 2.24) is 10.3 Å². The van der Waals surface area contributed by atoms with Crippen LogP contribution in [0.15, 0.2) is 65.5 Å². The lowest BCUT2D eigenvalue weighted by atomic mass is 9.99. The van der Waals surface area contributed by atoms with E-state index in [1.165, 1.54) is 33.2 Å². The maximum atomic E-state index is 11.4. The van der Waals surface area contributed by atoms with Crippen LogP contribution in [0.25, 0.3) is 21.0 Å². The molecule has 0 spiro atoms. The second kappa shape index (κ2) is 8.70. The normalized spacial score (nSPS) is 12.2. The number of H-pyrrole nitrogens is 1. The predicted octanol–water partition coefficient (Wildman–Crippen LogP) is 5.45. The standard InChI is InChI=1S/C22H22N2OS.ClH/c1-15(18-10-4-8-17-7-2-3-9-19(17)18)23-13-5-6-16-11-12-20-21(14-16)26-22(25)24-20;/h2-4,7-12,14-15,23H,5-6,13H2,1H3,(H,24,25);1H. The van der Waals surface area contributed by atoms with E-state index >= 15 is 0 Å². The van der Waals surface area contributed by atoms with Crippen LogP contribution in [0.1, 0.15) is 30.5 Å². The molecule has 0 aliphatic heterocycles. The van der Waals surface area contributed by atoms with Gasteiger partial charge in [0, 0.05) is 6.04 Å². The largest absolute Gasteiger partial charge is 0.312 e. The smallest absolute Gasteiger partial charge is 0.305 e. The van der Waals surface area contributed by atoms with Gasteiger partial charge >= 0.3 is 4.87 Å². The van der Waals surface area contributed by atoms with Crippen molar-refractivity contribution in [3.8, 4) is 0 Å². The van der Waals surface area contributed by atoms with Gasteiger partial charge in [-0.3, -0.25) is 4.79 Å². The number of aromatic nitrogens is 1. The Kier molecular flexibility index (Phi) is 6.32. The number of benzene rings is 3. The van der Waals surface area contributed by atoms with Crippen LogP contribution in [0.5, 0.6) is 0 Å². The SMILES string of the molecule is CC(NCCCc1ccc2[nH]c(=O)sc2c1)c1cccc2ccccc12.Cl. The third kappa shape index (κ3) is 4.41. The molecule has 4 aromatic rings. The van der Waals surface area contributed by atoms with Crippen LogP contribution in [-0.2, 0) is 6.42 Å². The first-order valence-corrected chi connectivity index (χ1v) is 9.85. The highest BCUT2D eigenvalue weighted by atomic mass is 35.5. The molecule has 27 heavy (non-hydrogen) atoms. The molecule has 0 saturated heterocycles. The van der Waals surface area contributed by atoms with E-state index in [0.717, 1.165) is 29.6 Å². The van der Waals surface area contributed by atoms with Gasteiger partial charge in [-0.1, -0.05) is 59.9 Å². The molecule has 1 aromatic heterocycles. The van der Waals surface area contributed by atoms with Crippen molar-refractivity contribution < 1.29 is 0 Å². The highest BCUT2D eigenvalue weighted by Crippen LogP contribution is 2.24. The van der Waals surface area contributed by atoms with Gasteiger partial charge in [0.25, 0.3) is 0 Å². The number of nitrogens with one attached hydrogen (secondary N) is 2. The molecule has 140 valence electrons. The molecular weight excluding hydrogens is 376 g/mol. The van der Waals surface area contributed by atoms with E-state index in [2.05, 4.69) is 71.8 Å². The lowest BCUT2D eigenvalue weighted by Gasteiger charge is -2.16. The van der Waals surface area contributed by atoms with Crippen molar-refractivity contribution in [2.75, 3.05) is 6.54 Å². The summed E-state index contributed by atoms with van der Waals surface area (Å²) in [6.45, 7) is 3.19. The first-order chi connectivity index (χ1) is 12.7. The van der Waals surface area contributed by atoms with E-state index in [-0.39, 0.29) is 17.3 Å². The minimum atomic E-state index is 0. The zero-order valence-corrected chi connectivity index (χ0v) is 16.8. The summed E-state index contributed by atoms with van der Waals surface area (Å²) in [5, 5.41) is 6.26. The molecule has 0 aliphatic rings. The third-order valence-corrected chi connectivity index (χ3v) is 5.71. The molecule has 3 nitrogen and oxygen atoms in total. The van der Waals surface area contributed by atoms with Crippen molar-refractivity contribution in [2.24, 2.45) is 0 Å². The van der Waals surface area contributed by atoms with Gasteiger partial charge in [0.15, 0.2) is 0 Å². The fourth-order valence-corrected chi connectivity index (χ4v) is 4.29. The maximum Gasteiger partial charge on any atom is 0.305 e. The number of thiazole rings is 1. The Hall–Kier alpha value is -2.14. The Morgan fingerprint density at radius 1 is 1.07 bits per heavy atom. The van der Waals surface area contributed by atoms with E-state index < -0.39 is 0 Å². The van der Waals surface area contributed by atoms with Crippen molar-refractivity contribution in [1.29, 1.82) is 0 Å². The number of hydrogen-bond donors (Lipinski definition) is 2. The summed E-state index contributed by atoms with van der Waals surface area (Å²) in [7, 11) is 0. The van der Waals surface area contributed by atoms with Crippen LogP contribution in [0.2, 0.25) is 0 Å². The number of hydrogen-bond acceptors (Lipinski definition) is 3. The number of aromatic amines is 1. The average Bonchev–Trinajstić information content (AvgIpc) is 3.04. The monoisotopic (exact) mass is 398 g/mol. The van der Waals surface area contributed by atoms with Gasteiger partial charge in [-0.2, -0.15) is 0 Å². The highest BCUT2D eigenvalue weighted by Gasteiger charge is 2.08. The Morgan fingerprint density at radius 2 is 1.89 bits per heavy atom. The fourth-order valence-electron chi connectivity index (χ4n) is 3.49. The van der Waals surface area contributed by atoms with Crippen molar-refractivity contribution >= 4 is 44.7 Å². The van der Waals surface area contributed by atoms with Gasteiger partial charge in [-0.05, 0) is 60.3 Å². The quantitative estimate of drug-likeness (QED) is 0.424. The average molecular weight is 399 g/mol. The van der Waals surface area contributed by atoms with Gasteiger partial charge in [0.1, 0.15) is 0 Å². The first kappa shape index (κ1) is 19.6. The molecule has 0 fully saturated rings. The fraction of sp³-hybridized carbons (Fsp3) is 0.227. The summed E-state index contributed by atoms with van der Waals surface area (Å²) in [6.07, 6.45) is 2.08. The molecule has 3 aromatic carbocycles. The van der Waals surface area contributed by atoms with Gasteiger partial charge in [0.2, 0.25) is 0 Å². The van der Waals surface area contributed by atoms with Crippen molar-refractivity contribution in [3.05, 3.63) is 81.5 Å². The van der Waals surface area contributed by atoms with E-state index in [9.17, 15) is 4.79 Å². The summed E-state index contributed by atoms with van der Waals surface area (Å²) < 4.78 is 1.05. The molecule has 5 heteroatoms. The Labute approximate surface area is 168 Å². The zero-order chi connectivity index (χ0) is 17.9. The first-order valence-electron chi connectivity index (χ1n) is 9.03. The van der Waals surface area contributed by atoms with Crippen molar-refractivity contribution in [3.63, 3.8) is 0 Å². The topological polar surface area (TPSA) is 44.9 Å². The second-order valence-corrected chi connectivity index (χ2v) is 7.71. The lowest BCUT2D eigenvalue weighted by molar-refractivity contribution is 0.561. The van der Waals surface area contributed by atoms with Gasteiger partial charge in [-0.15, -0.1) is 12.4 Å². The molecule has 2 N–H and O–H groups in total. The summed E-state index contributed by atoms with van der Waals surface area (Å²) in [4.78, 5) is 14.3. The molecule has 1 heterocycles. The Bertz CT molecular complexity index is 1100. The van der Waals surface area contributed by atoms with E-state index in [1.807, 2.05) is 6.07 Å². The molecule has 1 atom stereocenters. The number of fused-ring (bicyclic) bond motifs is 2. The van der Waals surface area contributed by atoms with Crippen LogP contribution in [0.3, 0.4) is 0 Å². The zero-order valence-electron chi connectivity index (χ0n) is 15.2. The minimum Gasteiger partial charge on any atom is -0.312 e. The maximum absolute atomic E-state index is 11.4. The minimum absolute atomic E-state index is 0. The van der Waals surface area contributed by atoms with Crippen molar-refractivity contribution in [2.45, 2.75) is 25.8 Å². The molecule has 0 radical (unpaired) electrons. The van der Waals surface area contributed by atoms with Crippen LogP contribution in [0.4, 0.5) is 0 Å². The third-order valence-electron chi connectivity index (χ3n) is 4.87. The summed E-state index contributed by atoms with van der Waals surface area (Å²) in [5.74, 6) is 0. The Balaban J connectivity index is 0.00000210. The molecule has 0 amide bonds. The molecule has 0 aliphatic carbocycles. The molecule has 1 unspecified atom stereocenters. The van der Waals surface area contributed by atoms with E-state index in [0.29, 0.717) is 6.04 Å². The van der Waals surface area contributed by atoms with Gasteiger partial charge in [0.05, 0.1) is 10.2 Å². The highest BCUT2D eigenvalue weighted by molar-refractivity contribution is 7.16. The lowest BCUT2D eigenvalue weighted by Crippen LogP contribution is -2.20. The second-order valence-electron chi connectivity index (χ2n) is 6.69. The van der Waals surface area contributed by atoms with Crippen LogP contribution in [0, 0.1) is 0 Å². The number of rotatable bonds is 6. The molecule has 0 bridgehead atoms. The molecule has 4 rings (SSSR count). The van der Waals surface area contributed by atoms with Crippen LogP contribution < -0.4 is 10.2 Å². The Morgan fingerprint density at radius 3 is 2.78 bits per heavy atom. The summed E-state index contributed by atoms with van der Waals surface area (Å²) in [5.41, 5.74) is 3.57. The number of halogens is 1. The van der Waals surface area contributed by atoms with E-state index in [4.69, 9.17) is 0 Å². The predicted molar refractivity (Wildman–Crippen MR) is 118 cm³/mol.